The molecular formula is C25H28N4O2S. The van der Waals surface area contributed by atoms with Gasteiger partial charge in [0.15, 0.2) is 0 Å². The van der Waals surface area contributed by atoms with E-state index in [1.807, 2.05) is 55.1 Å². The maximum absolute atomic E-state index is 12.6. The van der Waals surface area contributed by atoms with Crippen LogP contribution in [0.1, 0.15) is 27.2 Å². The van der Waals surface area contributed by atoms with Crippen molar-refractivity contribution >= 4 is 23.2 Å². The number of aromatic nitrogens is 1. The van der Waals surface area contributed by atoms with Crippen molar-refractivity contribution in [3.63, 3.8) is 0 Å². The summed E-state index contributed by atoms with van der Waals surface area (Å²) in [6, 6.07) is 15.9. The van der Waals surface area contributed by atoms with Crippen LogP contribution in [0.2, 0.25) is 0 Å². The summed E-state index contributed by atoms with van der Waals surface area (Å²) in [5.74, 6) is -0.246. The lowest BCUT2D eigenvalue weighted by atomic mass is 10.1. The monoisotopic (exact) mass is 448 g/mol. The highest BCUT2D eigenvalue weighted by Crippen LogP contribution is 2.24. The van der Waals surface area contributed by atoms with Gasteiger partial charge in [0, 0.05) is 49.2 Å². The number of hydrogen-bond acceptors (Lipinski definition) is 5. The lowest BCUT2D eigenvalue weighted by Crippen LogP contribution is -2.50. The third-order valence-corrected chi connectivity index (χ3v) is 6.51. The Morgan fingerprint density at radius 3 is 2.38 bits per heavy atom. The Morgan fingerprint density at radius 1 is 1.00 bits per heavy atom. The molecular weight excluding hydrogens is 420 g/mol. The van der Waals surface area contributed by atoms with Gasteiger partial charge in [0.05, 0.1) is 12.2 Å². The van der Waals surface area contributed by atoms with Gasteiger partial charge in [-0.2, -0.15) is 0 Å². The topological polar surface area (TPSA) is 65.5 Å². The van der Waals surface area contributed by atoms with Crippen molar-refractivity contribution in [1.29, 1.82) is 0 Å². The van der Waals surface area contributed by atoms with Crippen molar-refractivity contribution < 1.29 is 9.59 Å². The quantitative estimate of drug-likeness (QED) is 0.627. The van der Waals surface area contributed by atoms with Gasteiger partial charge in [0.1, 0.15) is 5.01 Å². The Labute approximate surface area is 192 Å². The maximum atomic E-state index is 12.6. The Bertz CT molecular complexity index is 1070. The number of benzene rings is 2. The van der Waals surface area contributed by atoms with Crippen LogP contribution in [0.25, 0.3) is 10.6 Å². The zero-order chi connectivity index (χ0) is 22.5. The van der Waals surface area contributed by atoms with E-state index in [1.54, 1.807) is 11.3 Å². The van der Waals surface area contributed by atoms with Gasteiger partial charge >= 0.3 is 0 Å². The fourth-order valence-corrected chi connectivity index (χ4v) is 4.77. The average molecular weight is 449 g/mol. The van der Waals surface area contributed by atoms with Gasteiger partial charge < -0.3 is 10.2 Å². The molecule has 1 aromatic heterocycles. The first-order chi connectivity index (χ1) is 15.5. The van der Waals surface area contributed by atoms with E-state index in [0.29, 0.717) is 18.7 Å². The van der Waals surface area contributed by atoms with Crippen molar-refractivity contribution in [3.05, 3.63) is 76.3 Å². The predicted octanol–water partition coefficient (Wildman–Crippen LogP) is 3.50. The van der Waals surface area contributed by atoms with Gasteiger partial charge in [-0.1, -0.05) is 47.5 Å². The highest BCUT2D eigenvalue weighted by molar-refractivity contribution is 7.13. The molecule has 7 heteroatoms. The molecule has 0 radical (unpaired) electrons. The summed E-state index contributed by atoms with van der Waals surface area (Å²) in [6.45, 7) is 7.66. The van der Waals surface area contributed by atoms with Gasteiger partial charge in [0.2, 0.25) is 5.91 Å². The molecule has 0 spiro atoms. The van der Waals surface area contributed by atoms with Crippen LogP contribution in [-0.4, -0.2) is 59.3 Å². The summed E-state index contributed by atoms with van der Waals surface area (Å²) in [7, 11) is 0. The zero-order valence-corrected chi connectivity index (χ0v) is 19.3. The maximum Gasteiger partial charge on any atom is 0.251 e. The van der Waals surface area contributed by atoms with Gasteiger partial charge in [-0.25, -0.2) is 4.98 Å². The minimum atomic E-state index is -0.207. The molecule has 1 saturated heterocycles. The third kappa shape index (κ3) is 5.60. The predicted molar refractivity (Wildman–Crippen MR) is 128 cm³/mol. The molecule has 1 aliphatic rings. The van der Waals surface area contributed by atoms with E-state index in [2.05, 4.69) is 27.7 Å². The number of nitrogens with one attached hydrogen (secondary N) is 1. The second kappa shape index (κ2) is 10.1. The van der Waals surface area contributed by atoms with E-state index in [-0.39, 0.29) is 18.4 Å². The molecule has 2 aromatic carbocycles. The number of hydrogen-bond donors (Lipinski definition) is 1. The van der Waals surface area contributed by atoms with Gasteiger partial charge in [0.25, 0.3) is 5.91 Å². The smallest absolute Gasteiger partial charge is 0.251 e. The third-order valence-electron chi connectivity index (χ3n) is 5.57. The van der Waals surface area contributed by atoms with E-state index < -0.39 is 0 Å². The Kier molecular flexibility index (Phi) is 6.97. The van der Waals surface area contributed by atoms with E-state index in [4.69, 9.17) is 4.98 Å². The van der Waals surface area contributed by atoms with Crippen LogP contribution in [0.4, 0.5) is 0 Å². The normalized spacial score (nSPS) is 14.4. The van der Waals surface area contributed by atoms with Crippen LogP contribution in [0.15, 0.2) is 53.9 Å². The molecule has 0 unspecified atom stereocenters. The average Bonchev–Trinajstić information content (AvgIpc) is 3.26. The molecule has 0 saturated carbocycles. The molecule has 0 aliphatic carbocycles. The van der Waals surface area contributed by atoms with Gasteiger partial charge in [-0.3, -0.25) is 14.5 Å². The first-order valence-electron chi connectivity index (χ1n) is 10.8. The number of rotatable bonds is 6. The van der Waals surface area contributed by atoms with E-state index in [1.165, 1.54) is 0 Å². The van der Waals surface area contributed by atoms with Crippen LogP contribution in [0.5, 0.6) is 0 Å². The standard InChI is InChI=1S/C25H28N4O2S/c1-18-12-19(2)14-21(13-18)24(31)26-15-23(30)29-10-8-28(9-11-29)16-22-17-32-25(27-22)20-6-4-3-5-7-20/h3-7,12-14,17H,8-11,15-16H2,1-2H3,(H,26,31). The number of nitrogens with zero attached hydrogens (tertiary/aromatic N) is 3. The molecule has 3 aromatic rings. The summed E-state index contributed by atoms with van der Waals surface area (Å²) in [4.78, 5) is 33.9. The molecule has 4 rings (SSSR count). The summed E-state index contributed by atoms with van der Waals surface area (Å²) < 4.78 is 0. The van der Waals surface area contributed by atoms with Gasteiger partial charge in [-0.05, 0) is 26.0 Å². The fourth-order valence-electron chi connectivity index (χ4n) is 3.95. The number of thiazole rings is 1. The molecule has 32 heavy (non-hydrogen) atoms. The Morgan fingerprint density at radius 2 is 1.69 bits per heavy atom. The SMILES string of the molecule is Cc1cc(C)cc(C(=O)NCC(=O)N2CCN(Cc3csc(-c4ccccc4)n3)CC2)c1. The molecule has 2 heterocycles. The van der Waals surface area contributed by atoms with Crippen molar-refractivity contribution in [2.24, 2.45) is 0 Å². The van der Waals surface area contributed by atoms with Crippen LogP contribution in [-0.2, 0) is 11.3 Å². The molecule has 1 aliphatic heterocycles. The van der Waals surface area contributed by atoms with Crippen molar-refractivity contribution in [2.75, 3.05) is 32.7 Å². The summed E-state index contributed by atoms with van der Waals surface area (Å²) in [5, 5.41) is 5.92. The van der Waals surface area contributed by atoms with Crippen LogP contribution in [0, 0.1) is 13.8 Å². The minimum Gasteiger partial charge on any atom is -0.343 e. The lowest BCUT2D eigenvalue weighted by molar-refractivity contribution is -0.131. The van der Waals surface area contributed by atoms with Crippen molar-refractivity contribution in [1.82, 2.24) is 20.1 Å². The Hall–Kier alpha value is -3.03. The zero-order valence-electron chi connectivity index (χ0n) is 18.5. The first kappa shape index (κ1) is 22.2. The van der Waals surface area contributed by atoms with E-state index in [9.17, 15) is 9.59 Å². The van der Waals surface area contributed by atoms with Gasteiger partial charge in [-0.15, -0.1) is 11.3 Å². The fraction of sp³-hybridized carbons (Fsp3) is 0.320. The number of carbonyl (C=O) groups excluding carboxylic acids is 2. The summed E-state index contributed by atoms with van der Waals surface area (Å²) >= 11 is 1.66. The number of aryl methyl sites for hydroxylation is 2. The molecule has 6 nitrogen and oxygen atoms in total. The highest BCUT2D eigenvalue weighted by Gasteiger charge is 2.22. The molecule has 2 amide bonds. The van der Waals surface area contributed by atoms with E-state index in [0.717, 1.165) is 47.0 Å². The molecule has 1 N–H and O–H groups in total. The lowest BCUT2D eigenvalue weighted by Gasteiger charge is -2.34. The Balaban J connectivity index is 1.23. The molecule has 0 atom stereocenters. The molecule has 0 bridgehead atoms. The second-order valence-corrected chi connectivity index (χ2v) is 9.08. The molecule has 166 valence electrons. The van der Waals surface area contributed by atoms with Crippen molar-refractivity contribution in [2.45, 2.75) is 20.4 Å². The minimum absolute atomic E-state index is 0.0261. The number of amides is 2. The number of piperazine rings is 1. The van der Waals surface area contributed by atoms with Crippen molar-refractivity contribution in [3.8, 4) is 10.6 Å². The summed E-state index contributed by atoms with van der Waals surface area (Å²) in [5.41, 5.74) is 4.87. The van der Waals surface area contributed by atoms with Crippen LogP contribution < -0.4 is 5.32 Å². The number of carbonyl (C=O) groups is 2. The molecule has 1 fully saturated rings. The van der Waals surface area contributed by atoms with E-state index >= 15 is 0 Å². The van der Waals surface area contributed by atoms with Crippen LogP contribution >= 0.6 is 11.3 Å². The highest BCUT2D eigenvalue weighted by atomic mass is 32.1. The first-order valence-corrected chi connectivity index (χ1v) is 11.7. The second-order valence-electron chi connectivity index (χ2n) is 8.23. The van der Waals surface area contributed by atoms with Crippen LogP contribution in [0.3, 0.4) is 0 Å². The summed E-state index contributed by atoms with van der Waals surface area (Å²) in [6.07, 6.45) is 0. The largest absolute Gasteiger partial charge is 0.343 e.